The van der Waals surface area contributed by atoms with Crippen LogP contribution >= 0.6 is 22.9 Å². The lowest BCUT2D eigenvalue weighted by Gasteiger charge is -2.10. The smallest absolute Gasteiger partial charge is 0.263 e. The molecule has 0 fully saturated rings. The van der Waals surface area contributed by atoms with Gasteiger partial charge in [0, 0.05) is 18.2 Å². The Kier molecular flexibility index (Phi) is 5.11. The van der Waals surface area contributed by atoms with Crippen LogP contribution in [0.2, 0.25) is 5.02 Å². The molecule has 1 heterocycles. The number of hydrogen-bond donors (Lipinski definition) is 2. The van der Waals surface area contributed by atoms with Gasteiger partial charge in [0.25, 0.3) is 5.91 Å². The fourth-order valence-electron chi connectivity index (χ4n) is 1.70. The van der Waals surface area contributed by atoms with Gasteiger partial charge < -0.3 is 10.4 Å². The molecular formula is C14H15ClN2O2S. The Morgan fingerprint density at radius 3 is 2.95 bits per heavy atom. The standard InChI is InChI=1S/C14H15ClN2O2S/c1-9(6-7-18)17-13(19)12-8-16-14(20-12)10-4-2-3-5-11(10)15/h2-5,8-9,18H,6-7H2,1H3,(H,17,19)/t9-/m1/s1. The molecule has 0 saturated heterocycles. The van der Waals surface area contributed by atoms with Crippen LogP contribution < -0.4 is 5.32 Å². The second-order valence-electron chi connectivity index (χ2n) is 4.40. The normalized spacial score (nSPS) is 12.2. The van der Waals surface area contributed by atoms with Gasteiger partial charge >= 0.3 is 0 Å². The summed E-state index contributed by atoms with van der Waals surface area (Å²) in [4.78, 5) is 16.8. The molecule has 0 unspecified atom stereocenters. The summed E-state index contributed by atoms with van der Waals surface area (Å²) in [6, 6.07) is 7.33. The number of aromatic nitrogens is 1. The number of carbonyl (C=O) groups excluding carboxylic acids is 1. The van der Waals surface area contributed by atoms with Crippen LogP contribution in [0.25, 0.3) is 10.6 Å². The predicted molar refractivity (Wildman–Crippen MR) is 81.2 cm³/mol. The van der Waals surface area contributed by atoms with E-state index in [0.29, 0.717) is 16.3 Å². The van der Waals surface area contributed by atoms with Gasteiger partial charge in [0.05, 0.1) is 11.2 Å². The Bertz CT molecular complexity index is 600. The molecule has 6 heteroatoms. The van der Waals surface area contributed by atoms with Crippen molar-refractivity contribution in [2.24, 2.45) is 0 Å². The van der Waals surface area contributed by atoms with Crippen LogP contribution in [0.15, 0.2) is 30.5 Å². The third-order valence-electron chi connectivity index (χ3n) is 2.77. The van der Waals surface area contributed by atoms with E-state index < -0.39 is 0 Å². The van der Waals surface area contributed by atoms with Gasteiger partial charge in [0.1, 0.15) is 9.88 Å². The van der Waals surface area contributed by atoms with E-state index in [-0.39, 0.29) is 18.6 Å². The van der Waals surface area contributed by atoms with E-state index in [1.807, 2.05) is 25.1 Å². The number of halogens is 1. The number of aliphatic hydroxyl groups is 1. The largest absolute Gasteiger partial charge is 0.396 e. The number of rotatable bonds is 5. The minimum atomic E-state index is -0.179. The monoisotopic (exact) mass is 310 g/mol. The summed E-state index contributed by atoms with van der Waals surface area (Å²) in [6.45, 7) is 1.90. The van der Waals surface area contributed by atoms with Crippen molar-refractivity contribution in [2.75, 3.05) is 6.61 Å². The number of amides is 1. The Balaban J connectivity index is 2.13. The first kappa shape index (κ1) is 15.0. The lowest BCUT2D eigenvalue weighted by atomic mass is 10.2. The van der Waals surface area contributed by atoms with Gasteiger partial charge in [-0.05, 0) is 19.4 Å². The second-order valence-corrected chi connectivity index (χ2v) is 5.83. The Labute approximate surface area is 126 Å². The van der Waals surface area contributed by atoms with Crippen molar-refractivity contribution in [1.29, 1.82) is 0 Å². The lowest BCUT2D eigenvalue weighted by Crippen LogP contribution is -2.32. The van der Waals surface area contributed by atoms with Gasteiger partial charge in [-0.2, -0.15) is 0 Å². The van der Waals surface area contributed by atoms with Crippen molar-refractivity contribution in [3.63, 3.8) is 0 Å². The number of thiazole rings is 1. The molecule has 1 amide bonds. The van der Waals surface area contributed by atoms with Crippen molar-refractivity contribution in [3.05, 3.63) is 40.4 Å². The molecule has 0 aliphatic carbocycles. The van der Waals surface area contributed by atoms with Crippen LogP contribution in [0.3, 0.4) is 0 Å². The first-order valence-electron chi connectivity index (χ1n) is 6.24. The molecule has 0 radical (unpaired) electrons. The van der Waals surface area contributed by atoms with Gasteiger partial charge in [-0.15, -0.1) is 11.3 Å². The maximum Gasteiger partial charge on any atom is 0.263 e. The molecule has 4 nitrogen and oxygen atoms in total. The highest BCUT2D eigenvalue weighted by Gasteiger charge is 2.14. The molecule has 2 aromatic rings. The third-order valence-corrected chi connectivity index (χ3v) is 4.13. The molecule has 106 valence electrons. The topological polar surface area (TPSA) is 62.2 Å². The molecule has 1 aromatic carbocycles. The number of benzene rings is 1. The van der Waals surface area contributed by atoms with E-state index in [4.69, 9.17) is 16.7 Å². The zero-order chi connectivity index (χ0) is 14.5. The number of carbonyl (C=O) groups is 1. The number of nitrogens with one attached hydrogen (secondary N) is 1. The summed E-state index contributed by atoms with van der Waals surface area (Å²) in [6.07, 6.45) is 2.08. The molecule has 20 heavy (non-hydrogen) atoms. The Morgan fingerprint density at radius 1 is 1.50 bits per heavy atom. The van der Waals surface area contributed by atoms with E-state index in [2.05, 4.69) is 10.3 Å². The van der Waals surface area contributed by atoms with E-state index >= 15 is 0 Å². The SMILES string of the molecule is C[C@H](CCO)NC(=O)c1cnc(-c2ccccc2Cl)s1. The molecule has 1 aromatic heterocycles. The molecule has 0 aliphatic rings. The number of nitrogens with zero attached hydrogens (tertiary/aromatic N) is 1. The summed E-state index contributed by atoms with van der Waals surface area (Å²) in [5, 5.41) is 13.0. The van der Waals surface area contributed by atoms with Gasteiger partial charge in [-0.1, -0.05) is 29.8 Å². The molecule has 0 bridgehead atoms. The summed E-state index contributed by atoms with van der Waals surface area (Å²) in [7, 11) is 0. The first-order valence-corrected chi connectivity index (χ1v) is 7.43. The Hall–Kier alpha value is -1.43. The van der Waals surface area contributed by atoms with Gasteiger partial charge in [-0.3, -0.25) is 4.79 Å². The average molecular weight is 311 g/mol. The zero-order valence-corrected chi connectivity index (χ0v) is 12.5. The number of hydrogen-bond acceptors (Lipinski definition) is 4. The molecule has 1 atom stereocenters. The highest BCUT2D eigenvalue weighted by atomic mass is 35.5. The van der Waals surface area contributed by atoms with E-state index in [9.17, 15) is 4.79 Å². The third kappa shape index (κ3) is 3.56. The predicted octanol–water partition coefficient (Wildman–Crippen LogP) is 2.96. The van der Waals surface area contributed by atoms with E-state index in [1.54, 1.807) is 12.3 Å². The number of aliphatic hydroxyl groups excluding tert-OH is 1. The summed E-state index contributed by atoms with van der Waals surface area (Å²) in [5.74, 6) is -0.179. The Morgan fingerprint density at radius 2 is 2.25 bits per heavy atom. The van der Waals surface area contributed by atoms with Crippen molar-refractivity contribution in [2.45, 2.75) is 19.4 Å². The summed E-state index contributed by atoms with van der Waals surface area (Å²) < 4.78 is 0. The van der Waals surface area contributed by atoms with Crippen LogP contribution in [-0.4, -0.2) is 28.6 Å². The minimum Gasteiger partial charge on any atom is -0.396 e. The zero-order valence-electron chi connectivity index (χ0n) is 11.0. The van der Waals surface area contributed by atoms with E-state index in [1.165, 1.54) is 11.3 Å². The van der Waals surface area contributed by atoms with Crippen molar-refractivity contribution in [1.82, 2.24) is 10.3 Å². The summed E-state index contributed by atoms with van der Waals surface area (Å²) in [5.41, 5.74) is 0.821. The van der Waals surface area contributed by atoms with E-state index in [0.717, 1.165) is 10.6 Å². The molecule has 0 saturated carbocycles. The highest BCUT2D eigenvalue weighted by Crippen LogP contribution is 2.30. The van der Waals surface area contributed by atoms with Crippen LogP contribution in [0.1, 0.15) is 23.0 Å². The van der Waals surface area contributed by atoms with Crippen LogP contribution in [0.4, 0.5) is 0 Å². The van der Waals surface area contributed by atoms with Gasteiger partial charge in [0.2, 0.25) is 0 Å². The maximum absolute atomic E-state index is 12.0. The van der Waals surface area contributed by atoms with Crippen molar-refractivity contribution >= 4 is 28.8 Å². The quantitative estimate of drug-likeness (QED) is 0.892. The van der Waals surface area contributed by atoms with Gasteiger partial charge in [0.15, 0.2) is 0 Å². The summed E-state index contributed by atoms with van der Waals surface area (Å²) >= 11 is 7.41. The highest BCUT2D eigenvalue weighted by molar-refractivity contribution is 7.17. The van der Waals surface area contributed by atoms with Crippen LogP contribution in [0.5, 0.6) is 0 Å². The maximum atomic E-state index is 12.0. The minimum absolute atomic E-state index is 0.0506. The molecular weight excluding hydrogens is 296 g/mol. The van der Waals surface area contributed by atoms with Gasteiger partial charge in [-0.25, -0.2) is 4.98 Å². The second kappa shape index (κ2) is 6.83. The fraction of sp³-hybridized carbons (Fsp3) is 0.286. The molecule has 2 rings (SSSR count). The van der Waals surface area contributed by atoms with Crippen molar-refractivity contribution < 1.29 is 9.90 Å². The van der Waals surface area contributed by atoms with Crippen molar-refractivity contribution in [3.8, 4) is 10.6 Å². The molecule has 0 aliphatic heterocycles. The first-order chi connectivity index (χ1) is 9.61. The lowest BCUT2D eigenvalue weighted by molar-refractivity contribution is 0.0938. The van der Waals surface area contributed by atoms with Crippen LogP contribution in [0, 0.1) is 0 Å². The fourth-order valence-corrected chi connectivity index (χ4v) is 2.84. The average Bonchev–Trinajstić information content (AvgIpc) is 2.89. The van der Waals surface area contributed by atoms with Crippen LogP contribution in [-0.2, 0) is 0 Å². The molecule has 2 N–H and O–H groups in total. The molecule has 0 spiro atoms.